The second kappa shape index (κ2) is 3.14. The summed E-state index contributed by atoms with van der Waals surface area (Å²) in [5.74, 6) is 1.62. The summed E-state index contributed by atoms with van der Waals surface area (Å²) in [5, 5.41) is 0. The van der Waals surface area contributed by atoms with Gasteiger partial charge in [0.2, 0.25) is 0 Å². The molecule has 0 radical (unpaired) electrons. The molecule has 1 fully saturated rings. The molecule has 0 heteroatoms. The Balaban J connectivity index is 2.06. The first-order valence-corrected chi connectivity index (χ1v) is 4.59. The van der Waals surface area contributed by atoms with E-state index < -0.39 is 0 Å². The summed E-state index contributed by atoms with van der Waals surface area (Å²) in [4.78, 5) is 0. The van der Waals surface area contributed by atoms with E-state index in [1.165, 1.54) is 12.0 Å². The molecule has 1 aliphatic rings. The number of hydrogen-bond donors (Lipinski definition) is 0. The smallest absolute Gasteiger partial charge is 0.00930 e. The van der Waals surface area contributed by atoms with E-state index >= 15 is 0 Å². The number of benzene rings is 1. The lowest BCUT2D eigenvalue weighted by Crippen LogP contribution is -1.78. The molecule has 0 unspecified atom stereocenters. The van der Waals surface area contributed by atoms with Crippen molar-refractivity contribution in [2.24, 2.45) is 5.92 Å². The summed E-state index contributed by atoms with van der Waals surface area (Å²) in [6.45, 7) is 2.10. The second-order valence-electron chi connectivity index (χ2n) is 3.44. The Labute approximate surface area is 73.9 Å². The van der Waals surface area contributed by atoms with Crippen molar-refractivity contribution in [1.29, 1.82) is 0 Å². The Hall–Kier alpha value is -1.04. The molecule has 2 rings (SSSR count). The lowest BCUT2D eigenvalue weighted by Gasteiger charge is -1.95. The van der Waals surface area contributed by atoms with Crippen LogP contribution in [0.5, 0.6) is 0 Å². The Bertz CT molecular complexity index is 271. The molecule has 0 spiro atoms. The third-order valence-corrected chi connectivity index (χ3v) is 2.51. The fraction of sp³-hybridized carbons (Fsp3) is 0.333. The van der Waals surface area contributed by atoms with Gasteiger partial charge >= 0.3 is 0 Å². The Kier molecular flexibility index (Phi) is 1.99. The van der Waals surface area contributed by atoms with Gasteiger partial charge in [0.15, 0.2) is 0 Å². The van der Waals surface area contributed by atoms with Crippen molar-refractivity contribution in [3.8, 4) is 0 Å². The maximum Gasteiger partial charge on any atom is -0.00930 e. The van der Waals surface area contributed by atoms with Crippen LogP contribution in [0.25, 0.3) is 0 Å². The molecule has 0 saturated heterocycles. The molecular formula is C12H14. The molecular weight excluding hydrogens is 144 g/mol. The molecule has 1 aromatic carbocycles. The van der Waals surface area contributed by atoms with Crippen LogP contribution < -0.4 is 0 Å². The first-order valence-electron chi connectivity index (χ1n) is 4.59. The van der Waals surface area contributed by atoms with E-state index in [0.717, 1.165) is 11.8 Å². The molecule has 2 atom stereocenters. The van der Waals surface area contributed by atoms with Gasteiger partial charge in [0.25, 0.3) is 0 Å². The fourth-order valence-electron chi connectivity index (χ4n) is 1.76. The Morgan fingerprint density at radius 2 is 2.00 bits per heavy atom. The third-order valence-electron chi connectivity index (χ3n) is 2.51. The van der Waals surface area contributed by atoms with Gasteiger partial charge in [-0.1, -0.05) is 42.5 Å². The van der Waals surface area contributed by atoms with E-state index in [2.05, 4.69) is 49.4 Å². The molecule has 0 aromatic heterocycles. The van der Waals surface area contributed by atoms with E-state index in [9.17, 15) is 0 Å². The molecule has 0 aliphatic heterocycles. The van der Waals surface area contributed by atoms with Crippen LogP contribution in [0.1, 0.15) is 24.8 Å². The summed E-state index contributed by atoms with van der Waals surface area (Å²) in [6.07, 6.45) is 5.82. The van der Waals surface area contributed by atoms with Gasteiger partial charge in [-0.05, 0) is 30.7 Å². The van der Waals surface area contributed by atoms with Gasteiger partial charge in [-0.25, -0.2) is 0 Å². The highest BCUT2D eigenvalue weighted by atomic mass is 14.4. The van der Waals surface area contributed by atoms with E-state index in [1.807, 2.05) is 0 Å². The van der Waals surface area contributed by atoms with Crippen LogP contribution in [-0.2, 0) is 0 Å². The maximum absolute atomic E-state index is 2.32. The minimum Gasteiger partial charge on any atom is -0.0914 e. The minimum absolute atomic E-state index is 0.808. The number of hydrogen-bond acceptors (Lipinski definition) is 0. The molecule has 62 valence electrons. The van der Waals surface area contributed by atoms with Gasteiger partial charge in [-0.3, -0.25) is 0 Å². The van der Waals surface area contributed by atoms with Crippen LogP contribution >= 0.6 is 0 Å². The van der Waals surface area contributed by atoms with Crippen LogP contribution in [0.4, 0.5) is 0 Å². The summed E-state index contributed by atoms with van der Waals surface area (Å²) in [7, 11) is 0. The first-order chi connectivity index (χ1) is 5.92. The molecule has 0 amide bonds. The number of rotatable bonds is 2. The van der Waals surface area contributed by atoms with Crippen molar-refractivity contribution >= 4 is 0 Å². The molecule has 12 heavy (non-hydrogen) atoms. The second-order valence-corrected chi connectivity index (χ2v) is 3.44. The number of allylic oxidation sites excluding steroid dienone is 2. The third kappa shape index (κ3) is 1.42. The molecule has 0 heterocycles. The van der Waals surface area contributed by atoms with Crippen molar-refractivity contribution in [2.45, 2.75) is 19.3 Å². The monoisotopic (exact) mass is 158 g/mol. The van der Waals surface area contributed by atoms with Gasteiger partial charge in [-0.15, -0.1) is 0 Å². The summed E-state index contributed by atoms with van der Waals surface area (Å²) in [5.41, 5.74) is 1.50. The largest absolute Gasteiger partial charge is 0.0914 e. The van der Waals surface area contributed by atoms with Crippen molar-refractivity contribution in [3.05, 3.63) is 48.0 Å². The zero-order valence-corrected chi connectivity index (χ0v) is 7.40. The average Bonchev–Trinajstić information content (AvgIpc) is 2.87. The maximum atomic E-state index is 2.32. The molecule has 1 aliphatic carbocycles. The van der Waals surface area contributed by atoms with Gasteiger partial charge in [0.1, 0.15) is 0 Å². The average molecular weight is 158 g/mol. The van der Waals surface area contributed by atoms with Gasteiger partial charge in [0.05, 0.1) is 0 Å². The first kappa shape index (κ1) is 7.60. The highest BCUT2D eigenvalue weighted by Gasteiger charge is 2.35. The SMILES string of the molecule is C/C=C/[C@H]1C[C@@H]1c1ccccc1. The molecule has 1 aromatic rings. The highest BCUT2D eigenvalue weighted by molar-refractivity contribution is 5.27. The molecule has 1 saturated carbocycles. The topological polar surface area (TPSA) is 0 Å². The fourth-order valence-corrected chi connectivity index (χ4v) is 1.76. The summed E-state index contributed by atoms with van der Waals surface area (Å²) < 4.78 is 0. The zero-order valence-electron chi connectivity index (χ0n) is 7.40. The van der Waals surface area contributed by atoms with Crippen molar-refractivity contribution in [1.82, 2.24) is 0 Å². The van der Waals surface area contributed by atoms with E-state index in [0.29, 0.717) is 0 Å². The van der Waals surface area contributed by atoms with Gasteiger partial charge in [-0.2, -0.15) is 0 Å². The Morgan fingerprint density at radius 3 is 2.67 bits per heavy atom. The van der Waals surface area contributed by atoms with Crippen molar-refractivity contribution in [2.75, 3.05) is 0 Å². The van der Waals surface area contributed by atoms with Gasteiger partial charge < -0.3 is 0 Å². The normalized spacial score (nSPS) is 27.8. The van der Waals surface area contributed by atoms with Gasteiger partial charge in [0, 0.05) is 0 Å². The standard InChI is InChI=1S/C12H14/c1-2-6-11-9-12(11)10-7-4-3-5-8-10/h2-8,11-12H,9H2,1H3/b6-2+/t11-,12+/m0/s1. The summed E-state index contributed by atoms with van der Waals surface area (Å²) in [6, 6.07) is 10.8. The molecule has 0 nitrogen and oxygen atoms in total. The van der Waals surface area contributed by atoms with Crippen molar-refractivity contribution in [3.63, 3.8) is 0 Å². The lowest BCUT2D eigenvalue weighted by molar-refractivity contribution is 1.01. The van der Waals surface area contributed by atoms with Crippen LogP contribution in [0.15, 0.2) is 42.5 Å². The van der Waals surface area contributed by atoms with E-state index in [4.69, 9.17) is 0 Å². The lowest BCUT2D eigenvalue weighted by atomic mass is 10.1. The van der Waals surface area contributed by atoms with E-state index in [-0.39, 0.29) is 0 Å². The van der Waals surface area contributed by atoms with Crippen LogP contribution in [0, 0.1) is 5.92 Å². The van der Waals surface area contributed by atoms with Crippen molar-refractivity contribution < 1.29 is 0 Å². The van der Waals surface area contributed by atoms with Crippen LogP contribution in [-0.4, -0.2) is 0 Å². The quantitative estimate of drug-likeness (QED) is 0.579. The van der Waals surface area contributed by atoms with Crippen LogP contribution in [0.3, 0.4) is 0 Å². The summed E-state index contributed by atoms with van der Waals surface area (Å²) >= 11 is 0. The molecule has 0 N–H and O–H groups in total. The van der Waals surface area contributed by atoms with E-state index in [1.54, 1.807) is 0 Å². The van der Waals surface area contributed by atoms with Crippen LogP contribution in [0.2, 0.25) is 0 Å². The molecule has 0 bridgehead atoms. The minimum atomic E-state index is 0.808. The highest BCUT2D eigenvalue weighted by Crippen LogP contribution is 2.48. The predicted octanol–water partition coefficient (Wildman–Crippen LogP) is 3.37. The zero-order chi connectivity index (χ0) is 8.39. The Morgan fingerprint density at radius 1 is 1.25 bits per heavy atom. The predicted molar refractivity (Wildman–Crippen MR) is 52.1 cm³/mol.